The average Bonchev–Trinajstić information content (AvgIpc) is 2.53. The number of rotatable bonds is 4. The average molecular weight is 312 g/mol. The molecule has 1 unspecified atom stereocenters. The summed E-state index contributed by atoms with van der Waals surface area (Å²) in [6.07, 6.45) is 3.51. The Labute approximate surface area is 132 Å². The standard InChI is InChI=1S/C8H17NO2.C8H11NO2/c2*1-10-7-3-6(9)4-8(5-7)11-2/h6-8H,3-5,9H2,1-2H3;3-5H,9H2,1-2H3/t6?,7-,8+;. The van der Waals surface area contributed by atoms with Gasteiger partial charge in [0.15, 0.2) is 0 Å². The van der Waals surface area contributed by atoms with E-state index < -0.39 is 0 Å². The molecule has 1 aliphatic rings. The van der Waals surface area contributed by atoms with Gasteiger partial charge >= 0.3 is 0 Å². The molecule has 0 bridgehead atoms. The van der Waals surface area contributed by atoms with Crippen LogP contribution in [0.3, 0.4) is 0 Å². The monoisotopic (exact) mass is 312 g/mol. The van der Waals surface area contributed by atoms with Crippen LogP contribution < -0.4 is 20.9 Å². The third-order valence-electron chi connectivity index (χ3n) is 3.70. The lowest BCUT2D eigenvalue weighted by atomic mass is 9.91. The summed E-state index contributed by atoms with van der Waals surface area (Å²) in [5.41, 5.74) is 12.0. The van der Waals surface area contributed by atoms with Crippen LogP contribution in [0.25, 0.3) is 0 Å². The van der Waals surface area contributed by atoms with Crippen LogP contribution in [-0.2, 0) is 9.47 Å². The largest absolute Gasteiger partial charge is 0.497 e. The van der Waals surface area contributed by atoms with E-state index in [-0.39, 0.29) is 6.04 Å². The van der Waals surface area contributed by atoms with Gasteiger partial charge in [0.1, 0.15) is 11.5 Å². The van der Waals surface area contributed by atoms with E-state index >= 15 is 0 Å². The van der Waals surface area contributed by atoms with Crippen molar-refractivity contribution in [3.05, 3.63) is 18.2 Å². The van der Waals surface area contributed by atoms with Crippen LogP contribution in [0.4, 0.5) is 5.69 Å². The minimum atomic E-state index is 0.249. The summed E-state index contributed by atoms with van der Waals surface area (Å²) in [7, 11) is 6.65. The third-order valence-corrected chi connectivity index (χ3v) is 3.70. The van der Waals surface area contributed by atoms with Gasteiger partial charge in [-0.2, -0.15) is 0 Å². The minimum absolute atomic E-state index is 0.249. The SMILES string of the molecule is CO[C@@H]1CC(N)C[C@H](OC)C1.COc1cc(N)cc(OC)c1. The number of nitrogens with two attached hydrogens (primary N) is 2. The molecule has 1 saturated carbocycles. The van der Waals surface area contributed by atoms with Crippen molar-refractivity contribution in [3.8, 4) is 11.5 Å². The molecule has 0 spiro atoms. The van der Waals surface area contributed by atoms with Crippen molar-refractivity contribution in [3.63, 3.8) is 0 Å². The van der Waals surface area contributed by atoms with Crippen LogP contribution in [0.15, 0.2) is 18.2 Å². The first kappa shape index (κ1) is 18.5. The second kappa shape index (κ2) is 9.50. The second-order valence-electron chi connectivity index (χ2n) is 5.33. The van der Waals surface area contributed by atoms with Crippen LogP contribution >= 0.6 is 0 Å². The van der Waals surface area contributed by atoms with Crippen molar-refractivity contribution >= 4 is 5.69 Å². The molecule has 0 aliphatic heterocycles. The second-order valence-corrected chi connectivity index (χ2v) is 5.33. The number of benzene rings is 1. The van der Waals surface area contributed by atoms with Gasteiger partial charge in [-0.1, -0.05) is 0 Å². The predicted octanol–water partition coefficient (Wildman–Crippen LogP) is 1.81. The number of methoxy groups -OCH3 is 4. The fourth-order valence-corrected chi connectivity index (χ4v) is 2.47. The van der Waals surface area contributed by atoms with Gasteiger partial charge in [-0.25, -0.2) is 0 Å². The van der Waals surface area contributed by atoms with E-state index in [9.17, 15) is 0 Å². The van der Waals surface area contributed by atoms with Crippen molar-refractivity contribution in [2.75, 3.05) is 34.2 Å². The predicted molar refractivity (Wildman–Crippen MR) is 87.4 cm³/mol. The lowest BCUT2D eigenvalue weighted by molar-refractivity contribution is -0.0158. The molecule has 6 heteroatoms. The van der Waals surface area contributed by atoms with Gasteiger partial charge in [0.2, 0.25) is 0 Å². The Morgan fingerprint density at radius 1 is 0.818 bits per heavy atom. The smallest absolute Gasteiger partial charge is 0.124 e. The van der Waals surface area contributed by atoms with Crippen molar-refractivity contribution < 1.29 is 18.9 Å². The molecule has 0 radical (unpaired) electrons. The first-order chi connectivity index (χ1) is 10.5. The van der Waals surface area contributed by atoms with Gasteiger partial charge in [0, 0.05) is 44.1 Å². The highest BCUT2D eigenvalue weighted by atomic mass is 16.5. The summed E-state index contributed by atoms with van der Waals surface area (Å²) in [5.74, 6) is 1.42. The van der Waals surface area contributed by atoms with E-state index in [0.29, 0.717) is 29.4 Å². The molecule has 0 heterocycles. The van der Waals surface area contributed by atoms with Crippen molar-refractivity contribution in [1.29, 1.82) is 0 Å². The Bertz CT molecular complexity index is 408. The van der Waals surface area contributed by atoms with Crippen LogP contribution in [0, 0.1) is 0 Å². The number of hydrogen-bond donors (Lipinski definition) is 2. The summed E-state index contributed by atoms with van der Waals surface area (Å²) < 4.78 is 20.4. The fraction of sp³-hybridized carbons (Fsp3) is 0.625. The van der Waals surface area contributed by atoms with Crippen molar-refractivity contribution in [1.82, 2.24) is 0 Å². The Morgan fingerprint density at radius 3 is 1.64 bits per heavy atom. The Kier molecular flexibility index (Phi) is 8.01. The third kappa shape index (κ3) is 6.09. The zero-order chi connectivity index (χ0) is 16.5. The quantitative estimate of drug-likeness (QED) is 0.824. The summed E-state index contributed by atoms with van der Waals surface area (Å²) in [4.78, 5) is 0. The molecule has 0 aromatic heterocycles. The summed E-state index contributed by atoms with van der Waals surface area (Å²) in [5, 5.41) is 0. The molecule has 0 amide bonds. The zero-order valence-electron chi connectivity index (χ0n) is 13.9. The van der Waals surface area contributed by atoms with Crippen LogP contribution in [0.2, 0.25) is 0 Å². The van der Waals surface area contributed by atoms with Crippen LogP contribution in [-0.4, -0.2) is 46.7 Å². The maximum atomic E-state index is 5.81. The molecule has 1 aromatic rings. The van der Waals surface area contributed by atoms with E-state index in [1.54, 1.807) is 46.6 Å². The summed E-state index contributed by atoms with van der Waals surface area (Å²) >= 11 is 0. The molecule has 1 aromatic carbocycles. The highest BCUT2D eigenvalue weighted by Crippen LogP contribution is 2.23. The maximum Gasteiger partial charge on any atom is 0.124 e. The lowest BCUT2D eigenvalue weighted by Gasteiger charge is -2.31. The molecular weight excluding hydrogens is 284 g/mol. The Hall–Kier alpha value is -1.50. The van der Waals surface area contributed by atoms with Gasteiger partial charge in [0.25, 0.3) is 0 Å². The van der Waals surface area contributed by atoms with Crippen molar-refractivity contribution in [2.45, 2.75) is 37.5 Å². The normalized spacial score (nSPS) is 24.1. The lowest BCUT2D eigenvalue weighted by Crippen LogP contribution is -2.39. The first-order valence-corrected chi connectivity index (χ1v) is 7.32. The topological polar surface area (TPSA) is 89.0 Å². The molecule has 1 aliphatic carbocycles. The highest BCUT2D eigenvalue weighted by molar-refractivity contribution is 5.50. The molecule has 4 N–H and O–H groups in total. The molecule has 22 heavy (non-hydrogen) atoms. The molecule has 0 saturated heterocycles. The van der Waals surface area contributed by atoms with E-state index in [0.717, 1.165) is 19.3 Å². The molecular formula is C16H28N2O4. The number of hydrogen-bond acceptors (Lipinski definition) is 6. The fourth-order valence-electron chi connectivity index (χ4n) is 2.47. The Balaban J connectivity index is 0.000000220. The van der Waals surface area contributed by atoms with Crippen LogP contribution in [0.1, 0.15) is 19.3 Å². The number of anilines is 1. The van der Waals surface area contributed by atoms with Gasteiger partial charge in [-0.3, -0.25) is 0 Å². The minimum Gasteiger partial charge on any atom is -0.497 e. The van der Waals surface area contributed by atoms with E-state index in [4.69, 9.17) is 30.4 Å². The van der Waals surface area contributed by atoms with E-state index in [1.165, 1.54) is 0 Å². The number of nitrogen functional groups attached to an aromatic ring is 1. The maximum absolute atomic E-state index is 5.81. The van der Waals surface area contributed by atoms with E-state index in [1.807, 2.05) is 0 Å². The van der Waals surface area contributed by atoms with Gasteiger partial charge in [-0.05, 0) is 19.3 Å². The van der Waals surface area contributed by atoms with Crippen molar-refractivity contribution in [2.24, 2.45) is 5.73 Å². The van der Waals surface area contributed by atoms with Gasteiger partial charge in [-0.15, -0.1) is 0 Å². The molecule has 1 fully saturated rings. The first-order valence-electron chi connectivity index (χ1n) is 7.32. The van der Waals surface area contributed by atoms with Gasteiger partial charge in [0.05, 0.1) is 26.4 Å². The zero-order valence-corrected chi connectivity index (χ0v) is 13.9. The molecule has 6 nitrogen and oxygen atoms in total. The molecule has 126 valence electrons. The van der Waals surface area contributed by atoms with Crippen LogP contribution in [0.5, 0.6) is 11.5 Å². The highest BCUT2D eigenvalue weighted by Gasteiger charge is 2.26. The number of ether oxygens (including phenoxy) is 4. The molecule has 2 rings (SSSR count). The Morgan fingerprint density at radius 2 is 1.27 bits per heavy atom. The summed E-state index contributed by atoms with van der Waals surface area (Å²) in [6.45, 7) is 0. The van der Waals surface area contributed by atoms with Gasteiger partial charge < -0.3 is 30.4 Å². The molecule has 3 atom stereocenters. The summed E-state index contributed by atoms with van der Waals surface area (Å²) in [6, 6.07) is 5.50. The van der Waals surface area contributed by atoms with E-state index in [2.05, 4.69) is 0 Å².